The van der Waals surface area contributed by atoms with E-state index in [9.17, 15) is 4.79 Å². The van der Waals surface area contributed by atoms with Crippen molar-refractivity contribution >= 4 is 17.2 Å². The summed E-state index contributed by atoms with van der Waals surface area (Å²) in [5.41, 5.74) is 1.24. The number of nitrogens with zero attached hydrogens (tertiary/aromatic N) is 1. The molecule has 3 rings (SSSR count). The highest BCUT2D eigenvalue weighted by Gasteiger charge is 2.40. The van der Waals surface area contributed by atoms with E-state index in [0.717, 1.165) is 19.4 Å². The van der Waals surface area contributed by atoms with Crippen molar-refractivity contribution in [1.29, 1.82) is 0 Å². The minimum absolute atomic E-state index is 0.0239. The molecule has 0 bridgehead atoms. The van der Waals surface area contributed by atoms with Crippen molar-refractivity contribution in [2.45, 2.75) is 31.5 Å². The highest BCUT2D eigenvalue weighted by molar-refractivity contribution is 7.07. The topological polar surface area (TPSA) is 41.6 Å². The summed E-state index contributed by atoms with van der Waals surface area (Å²) in [6.45, 7) is 1.95. The standard InChI is InChI=1S/C14H20N2O2S/c1-15-13-8-18-7-12(13)14(17)16(11-2-3-11)6-10-4-5-19-9-10/h4-5,9,11-13,15H,2-3,6-8H2,1H3. The SMILES string of the molecule is CNC1COCC1C(=O)N(Cc1ccsc1)C1CC1. The zero-order valence-electron chi connectivity index (χ0n) is 11.2. The number of carbonyl (C=O) groups excluding carboxylic acids is 1. The van der Waals surface area contributed by atoms with Crippen molar-refractivity contribution < 1.29 is 9.53 Å². The summed E-state index contributed by atoms with van der Waals surface area (Å²) in [4.78, 5) is 14.8. The lowest BCUT2D eigenvalue weighted by Gasteiger charge is -2.27. The van der Waals surface area contributed by atoms with Gasteiger partial charge in [-0.25, -0.2) is 0 Å². The van der Waals surface area contributed by atoms with E-state index in [1.165, 1.54) is 5.56 Å². The van der Waals surface area contributed by atoms with Gasteiger partial charge in [0.05, 0.1) is 19.1 Å². The van der Waals surface area contributed by atoms with Crippen molar-refractivity contribution in [3.63, 3.8) is 0 Å². The molecule has 2 fully saturated rings. The first-order chi connectivity index (χ1) is 9.29. The van der Waals surface area contributed by atoms with E-state index in [1.807, 2.05) is 7.05 Å². The molecule has 0 aromatic carbocycles. The Labute approximate surface area is 117 Å². The molecule has 2 unspecified atom stereocenters. The Morgan fingerprint density at radius 3 is 3.00 bits per heavy atom. The molecule has 19 heavy (non-hydrogen) atoms. The summed E-state index contributed by atoms with van der Waals surface area (Å²) < 4.78 is 5.46. The molecule has 1 aromatic heterocycles. The fourth-order valence-corrected chi connectivity index (χ4v) is 3.31. The zero-order valence-corrected chi connectivity index (χ0v) is 12.0. The van der Waals surface area contributed by atoms with Gasteiger partial charge in [0.1, 0.15) is 0 Å². The summed E-state index contributed by atoms with van der Waals surface area (Å²) in [5.74, 6) is 0.231. The van der Waals surface area contributed by atoms with Crippen molar-refractivity contribution in [2.75, 3.05) is 20.3 Å². The Balaban J connectivity index is 1.71. The van der Waals surface area contributed by atoms with Crippen LogP contribution in [0.3, 0.4) is 0 Å². The average Bonchev–Trinajstić information content (AvgIpc) is 2.95. The molecule has 5 heteroatoms. The van der Waals surface area contributed by atoms with E-state index in [2.05, 4.69) is 27.0 Å². The summed E-state index contributed by atoms with van der Waals surface area (Å²) in [6.07, 6.45) is 2.29. The molecule has 4 nitrogen and oxygen atoms in total. The number of carbonyl (C=O) groups is 1. The molecule has 1 aromatic rings. The van der Waals surface area contributed by atoms with Crippen LogP contribution in [0, 0.1) is 5.92 Å². The smallest absolute Gasteiger partial charge is 0.230 e. The van der Waals surface area contributed by atoms with Crippen LogP contribution >= 0.6 is 11.3 Å². The summed E-state index contributed by atoms with van der Waals surface area (Å²) >= 11 is 1.69. The van der Waals surface area contributed by atoms with Gasteiger partial charge in [0.15, 0.2) is 0 Å². The number of nitrogens with one attached hydrogen (secondary N) is 1. The van der Waals surface area contributed by atoms with Crippen LogP contribution in [0.4, 0.5) is 0 Å². The van der Waals surface area contributed by atoms with Crippen LogP contribution < -0.4 is 5.32 Å². The molecular weight excluding hydrogens is 260 g/mol. The number of ether oxygens (including phenoxy) is 1. The van der Waals surface area contributed by atoms with Crippen LogP contribution in [0.25, 0.3) is 0 Å². The van der Waals surface area contributed by atoms with E-state index in [0.29, 0.717) is 19.3 Å². The minimum Gasteiger partial charge on any atom is -0.379 e. The van der Waals surface area contributed by atoms with Gasteiger partial charge < -0.3 is 15.0 Å². The Kier molecular flexibility index (Phi) is 3.86. The molecule has 1 aliphatic heterocycles. The quantitative estimate of drug-likeness (QED) is 0.888. The first-order valence-electron chi connectivity index (χ1n) is 6.86. The van der Waals surface area contributed by atoms with Crippen molar-refractivity contribution in [3.8, 4) is 0 Å². The second kappa shape index (κ2) is 5.61. The van der Waals surface area contributed by atoms with Gasteiger partial charge in [0, 0.05) is 18.6 Å². The van der Waals surface area contributed by atoms with Crippen LogP contribution in [0.5, 0.6) is 0 Å². The third-order valence-electron chi connectivity index (χ3n) is 3.97. The van der Waals surface area contributed by atoms with Crippen LogP contribution in [0.15, 0.2) is 16.8 Å². The molecular formula is C14H20N2O2S. The first kappa shape index (κ1) is 13.1. The normalized spacial score (nSPS) is 26.6. The maximum absolute atomic E-state index is 12.7. The van der Waals surface area contributed by atoms with Gasteiger partial charge in [-0.1, -0.05) is 0 Å². The molecule has 104 valence electrons. The van der Waals surface area contributed by atoms with Gasteiger partial charge in [0.25, 0.3) is 0 Å². The molecule has 0 radical (unpaired) electrons. The van der Waals surface area contributed by atoms with Gasteiger partial charge >= 0.3 is 0 Å². The van der Waals surface area contributed by atoms with E-state index in [-0.39, 0.29) is 17.9 Å². The van der Waals surface area contributed by atoms with E-state index in [1.54, 1.807) is 11.3 Å². The predicted octanol–water partition coefficient (Wildman–Crippen LogP) is 1.47. The van der Waals surface area contributed by atoms with Crippen molar-refractivity contribution in [2.24, 2.45) is 5.92 Å². The van der Waals surface area contributed by atoms with Crippen LogP contribution in [0.1, 0.15) is 18.4 Å². The highest BCUT2D eigenvalue weighted by Crippen LogP contribution is 2.31. The van der Waals surface area contributed by atoms with Gasteiger partial charge in [0.2, 0.25) is 5.91 Å². The second-order valence-electron chi connectivity index (χ2n) is 5.37. The minimum atomic E-state index is -0.0239. The maximum atomic E-state index is 12.7. The monoisotopic (exact) mass is 280 g/mol. The Bertz CT molecular complexity index is 431. The van der Waals surface area contributed by atoms with Crippen LogP contribution in [-0.4, -0.2) is 43.2 Å². The molecule has 2 aliphatic rings. The molecule has 2 atom stereocenters. The number of hydrogen-bond donors (Lipinski definition) is 1. The van der Waals surface area contributed by atoms with Gasteiger partial charge in [-0.3, -0.25) is 4.79 Å². The summed E-state index contributed by atoms with van der Waals surface area (Å²) in [7, 11) is 1.90. The van der Waals surface area contributed by atoms with E-state index >= 15 is 0 Å². The number of rotatable bonds is 5. The average molecular weight is 280 g/mol. The second-order valence-corrected chi connectivity index (χ2v) is 6.15. The zero-order chi connectivity index (χ0) is 13.2. The Morgan fingerprint density at radius 2 is 2.37 bits per heavy atom. The van der Waals surface area contributed by atoms with Crippen molar-refractivity contribution in [1.82, 2.24) is 10.2 Å². The van der Waals surface area contributed by atoms with Gasteiger partial charge in [-0.15, -0.1) is 0 Å². The maximum Gasteiger partial charge on any atom is 0.230 e. The predicted molar refractivity (Wildman–Crippen MR) is 75.0 cm³/mol. The molecule has 1 saturated carbocycles. The lowest BCUT2D eigenvalue weighted by molar-refractivity contribution is -0.137. The summed E-state index contributed by atoms with van der Waals surface area (Å²) in [6, 6.07) is 2.72. The Hall–Kier alpha value is -0.910. The van der Waals surface area contributed by atoms with Crippen molar-refractivity contribution in [3.05, 3.63) is 22.4 Å². The fourth-order valence-electron chi connectivity index (χ4n) is 2.65. The Morgan fingerprint density at radius 1 is 1.53 bits per heavy atom. The number of amides is 1. The lowest BCUT2D eigenvalue weighted by Crippen LogP contribution is -2.45. The van der Waals surface area contributed by atoms with E-state index < -0.39 is 0 Å². The highest BCUT2D eigenvalue weighted by atomic mass is 32.1. The van der Waals surface area contributed by atoms with Gasteiger partial charge in [-0.2, -0.15) is 11.3 Å². The molecule has 2 heterocycles. The number of hydrogen-bond acceptors (Lipinski definition) is 4. The molecule has 1 N–H and O–H groups in total. The molecule has 1 aliphatic carbocycles. The molecule has 0 spiro atoms. The third-order valence-corrected chi connectivity index (χ3v) is 4.70. The van der Waals surface area contributed by atoms with E-state index in [4.69, 9.17) is 4.74 Å². The third kappa shape index (κ3) is 2.83. The lowest BCUT2D eigenvalue weighted by atomic mass is 10.0. The van der Waals surface area contributed by atoms with Crippen LogP contribution in [0.2, 0.25) is 0 Å². The van der Waals surface area contributed by atoms with Gasteiger partial charge in [-0.05, 0) is 42.3 Å². The molecule has 1 amide bonds. The summed E-state index contributed by atoms with van der Waals surface area (Å²) in [5, 5.41) is 7.40. The molecule has 1 saturated heterocycles. The number of thiophene rings is 1. The first-order valence-corrected chi connectivity index (χ1v) is 7.80. The largest absolute Gasteiger partial charge is 0.379 e. The fraction of sp³-hybridized carbons (Fsp3) is 0.643. The van der Waals surface area contributed by atoms with Crippen LogP contribution in [-0.2, 0) is 16.1 Å². The number of likely N-dealkylation sites (N-methyl/N-ethyl adjacent to an activating group) is 1.